The van der Waals surface area contributed by atoms with Gasteiger partial charge in [0, 0.05) is 25.1 Å². The van der Waals surface area contributed by atoms with Gasteiger partial charge in [-0.2, -0.15) is 0 Å². The van der Waals surface area contributed by atoms with E-state index in [1.165, 1.54) is 4.90 Å². The number of carbonyl (C=O) groups excluding carboxylic acids is 2. The first-order valence-corrected chi connectivity index (χ1v) is 10.1. The number of nitrogens with zero attached hydrogens (tertiary/aromatic N) is 4. The Balaban J connectivity index is 1.33. The summed E-state index contributed by atoms with van der Waals surface area (Å²) in [5.41, 5.74) is 2.28. The van der Waals surface area contributed by atoms with Crippen LogP contribution in [-0.2, 0) is 11.2 Å². The highest BCUT2D eigenvalue weighted by Gasteiger charge is 2.33. The van der Waals surface area contributed by atoms with Crippen LogP contribution in [0.25, 0.3) is 10.9 Å². The number of benzene rings is 2. The highest BCUT2D eigenvalue weighted by Crippen LogP contribution is 2.36. The fourth-order valence-corrected chi connectivity index (χ4v) is 3.73. The first-order chi connectivity index (χ1) is 15.6. The number of H-pyrrole nitrogens is 1. The number of anilines is 1. The number of likely N-dealkylation sites (N-methyl/N-ethyl adjacent to an activating group) is 1. The lowest BCUT2D eigenvalue weighted by Crippen LogP contribution is -2.49. The number of fused-ring (bicyclic) bond motifs is 3. The second kappa shape index (κ2) is 8.10. The van der Waals surface area contributed by atoms with Crippen LogP contribution in [0.5, 0.6) is 5.75 Å². The molecule has 3 heterocycles. The van der Waals surface area contributed by atoms with E-state index in [-0.39, 0.29) is 18.3 Å². The quantitative estimate of drug-likeness (QED) is 0.515. The zero-order chi connectivity index (χ0) is 22.1. The van der Waals surface area contributed by atoms with Crippen molar-refractivity contribution in [3.63, 3.8) is 0 Å². The van der Waals surface area contributed by atoms with Crippen LogP contribution in [0.15, 0.2) is 60.8 Å². The molecular formula is C23H20N6O3. The first-order valence-electron chi connectivity index (χ1n) is 10.1. The lowest BCUT2D eigenvalue weighted by Gasteiger charge is -2.20. The van der Waals surface area contributed by atoms with E-state index in [9.17, 15) is 9.59 Å². The second-order valence-electron chi connectivity index (χ2n) is 7.49. The van der Waals surface area contributed by atoms with Gasteiger partial charge in [-0.1, -0.05) is 36.4 Å². The third kappa shape index (κ3) is 3.64. The van der Waals surface area contributed by atoms with Crippen molar-refractivity contribution in [1.82, 2.24) is 25.5 Å². The molecule has 0 spiro atoms. The predicted molar refractivity (Wildman–Crippen MR) is 118 cm³/mol. The van der Waals surface area contributed by atoms with Crippen molar-refractivity contribution in [2.24, 2.45) is 0 Å². The Morgan fingerprint density at radius 1 is 1.19 bits per heavy atom. The summed E-state index contributed by atoms with van der Waals surface area (Å²) >= 11 is 0. The van der Waals surface area contributed by atoms with Gasteiger partial charge in [0.1, 0.15) is 29.9 Å². The van der Waals surface area contributed by atoms with Crippen LogP contribution < -0.4 is 15.0 Å². The number of pyridine rings is 1. The van der Waals surface area contributed by atoms with Crippen molar-refractivity contribution in [2.75, 3.05) is 18.6 Å². The Morgan fingerprint density at radius 3 is 2.88 bits per heavy atom. The number of aromatic amines is 1. The van der Waals surface area contributed by atoms with Crippen LogP contribution in [0.1, 0.15) is 22.0 Å². The van der Waals surface area contributed by atoms with Crippen molar-refractivity contribution in [3.05, 3.63) is 78.0 Å². The number of ether oxygens (including phenoxy) is 1. The minimum atomic E-state index is -0.894. The summed E-state index contributed by atoms with van der Waals surface area (Å²) in [4.78, 5) is 36.0. The Hall–Kier alpha value is -4.27. The highest BCUT2D eigenvalue weighted by molar-refractivity contribution is 6.08. The third-order valence-corrected chi connectivity index (χ3v) is 5.34. The summed E-state index contributed by atoms with van der Waals surface area (Å²) in [6.45, 7) is -0.0124. The summed E-state index contributed by atoms with van der Waals surface area (Å²) in [5.74, 6) is 0.208. The zero-order valence-corrected chi connectivity index (χ0v) is 17.3. The number of hydrogen-bond donors (Lipinski definition) is 2. The molecule has 2 aromatic carbocycles. The van der Waals surface area contributed by atoms with Crippen molar-refractivity contribution in [1.29, 1.82) is 0 Å². The molecule has 0 saturated heterocycles. The largest absolute Gasteiger partial charge is 0.489 e. The summed E-state index contributed by atoms with van der Waals surface area (Å²) in [6.07, 6.45) is 2.19. The molecule has 32 heavy (non-hydrogen) atoms. The van der Waals surface area contributed by atoms with Crippen LogP contribution in [0, 0.1) is 0 Å². The molecule has 0 fully saturated rings. The molecule has 0 aliphatic carbocycles. The third-order valence-electron chi connectivity index (χ3n) is 5.34. The van der Waals surface area contributed by atoms with Gasteiger partial charge in [0.15, 0.2) is 0 Å². The lowest BCUT2D eigenvalue weighted by atomic mass is 10.1. The van der Waals surface area contributed by atoms with Crippen LogP contribution in [-0.4, -0.2) is 51.7 Å². The lowest BCUT2D eigenvalue weighted by molar-refractivity contribution is -0.120. The molecule has 4 aromatic rings. The van der Waals surface area contributed by atoms with Gasteiger partial charge in [-0.25, -0.2) is 4.98 Å². The number of nitrogens with one attached hydrogen (secondary N) is 2. The molecule has 9 nitrogen and oxygen atoms in total. The maximum absolute atomic E-state index is 13.1. The van der Waals surface area contributed by atoms with E-state index in [1.807, 2.05) is 48.5 Å². The van der Waals surface area contributed by atoms with Crippen LogP contribution in [0.3, 0.4) is 0 Å². The standard InChI is InChI=1S/C23H20N6O3/c1-29-20-17(10-9-15-8-5-11-24-19(15)20)32-13-16(23(29)31)25-22(30)21-26-18(27-28-21)12-14-6-3-2-4-7-14/h2-11,16H,12-13H2,1H3,(H,25,30)(H,26,27,28). The Kier molecular flexibility index (Phi) is 4.98. The van der Waals surface area contributed by atoms with Crippen LogP contribution in [0.4, 0.5) is 5.69 Å². The van der Waals surface area contributed by atoms with Gasteiger partial charge >= 0.3 is 0 Å². The molecule has 0 saturated carbocycles. The Morgan fingerprint density at radius 2 is 2.03 bits per heavy atom. The van der Waals surface area contributed by atoms with E-state index in [0.717, 1.165) is 10.9 Å². The van der Waals surface area contributed by atoms with Gasteiger partial charge < -0.3 is 15.0 Å². The molecular weight excluding hydrogens is 408 g/mol. The Bertz CT molecular complexity index is 1300. The van der Waals surface area contributed by atoms with Gasteiger partial charge in [-0.15, -0.1) is 5.10 Å². The van der Waals surface area contributed by atoms with Crippen LogP contribution in [0.2, 0.25) is 0 Å². The molecule has 1 aliphatic rings. The van der Waals surface area contributed by atoms with E-state index >= 15 is 0 Å². The summed E-state index contributed by atoms with van der Waals surface area (Å²) < 4.78 is 5.87. The average Bonchev–Trinajstić information content (AvgIpc) is 3.25. The van der Waals surface area contributed by atoms with Crippen LogP contribution >= 0.6 is 0 Å². The van der Waals surface area contributed by atoms with E-state index in [2.05, 4.69) is 25.5 Å². The molecule has 1 unspecified atom stereocenters. The molecule has 2 aromatic heterocycles. The van der Waals surface area contributed by atoms with E-state index in [0.29, 0.717) is 29.2 Å². The summed E-state index contributed by atoms with van der Waals surface area (Å²) in [5, 5.41) is 10.4. The predicted octanol–water partition coefficient (Wildman–Crippen LogP) is 2.10. The number of hydrogen-bond acceptors (Lipinski definition) is 6. The van der Waals surface area contributed by atoms with Gasteiger partial charge in [0.2, 0.25) is 5.82 Å². The van der Waals surface area contributed by atoms with Gasteiger partial charge in [0.25, 0.3) is 11.8 Å². The Labute approximate surface area is 183 Å². The summed E-state index contributed by atoms with van der Waals surface area (Å²) in [6, 6.07) is 16.3. The van der Waals surface area contributed by atoms with Gasteiger partial charge in [0.05, 0.1) is 5.52 Å². The summed E-state index contributed by atoms with van der Waals surface area (Å²) in [7, 11) is 1.65. The van der Waals surface area contributed by atoms with Gasteiger partial charge in [-0.3, -0.25) is 19.7 Å². The fourth-order valence-electron chi connectivity index (χ4n) is 3.73. The maximum atomic E-state index is 13.1. The molecule has 1 atom stereocenters. The van der Waals surface area contributed by atoms with Crippen molar-refractivity contribution < 1.29 is 14.3 Å². The van der Waals surface area contributed by atoms with Crippen molar-refractivity contribution in [2.45, 2.75) is 12.5 Å². The topological polar surface area (TPSA) is 113 Å². The fraction of sp³-hybridized carbons (Fsp3) is 0.174. The zero-order valence-electron chi connectivity index (χ0n) is 17.3. The number of aromatic nitrogens is 4. The second-order valence-corrected chi connectivity index (χ2v) is 7.49. The molecule has 1 aliphatic heterocycles. The monoisotopic (exact) mass is 428 g/mol. The van der Waals surface area contributed by atoms with E-state index in [4.69, 9.17) is 4.74 Å². The SMILES string of the molecule is CN1C(=O)C(NC(=O)c2n[nH]c(Cc3ccccc3)n2)COc2ccc3cccnc3c21. The first kappa shape index (κ1) is 19.7. The minimum absolute atomic E-state index is 0.0124. The number of rotatable bonds is 4. The molecule has 2 amide bonds. The number of carbonyl (C=O) groups is 2. The van der Waals surface area contributed by atoms with E-state index in [1.54, 1.807) is 19.3 Å². The van der Waals surface area contributed by atoms with Crippen molar-refractivity contribution in [3.8, 4) is 5.75 Å². The van der Waals surface area contributed by atoms with Gasteiger partial charge in [-0.05, 0) is 23.8 Å². The normalized spacial score (nSPS) is 15.7. The molecule has 160 valence electrons. The molecule has 9 heteroatoms. The maximum Gasteiger partial charge on any atom is 0.291 e. The minimum Gasteiger partial charge on any atom is -0.489 e. The molecule has 0 radical (unpaired) electrons. The average molecular weight is 428 g/mol. The highest BCUT2D eigenvalue weighted by atomic mass is 16.5. The number of amides is 2. The molecule has 2 N–H and O–H groups in total. The smallest absolute Gasteiger partial charge is 0.291 e. The van der Waals surface area contributed by atoms with Crippen molar-refractivity contribution >= 4 is 28.4 Å². The van der Waals surface area contributed by atoms with E-state index < -0.39 is 11.9 Å². The molecule has 0 bridgehead atoms. The molecule has 5 rings (SSSR count).